The van der Waals surface area contributed by atoms with Crippen molar-refractivity contribution in [1.29, 1.82) is 0 Å². The van der Waals surface area contributed by atoms with Gasteiger partial charge in [-0.1, -0.05) is 56.6 Å². The van der Waals surface area contributed by atoms with E-state index in [0.717, 1.165) is 61.1 Å². The summed E-state index contributed by atoms with van der Waals surface area (Å²) in [7, 11) is -1.94. The maximum atomic E-state index is 13.8. The minimum atomic E-state index is -3.61. The maximum Gasteiger partial charge on any atom is 0.260 e. The van der Waals surface area contributed by atoms with E-state index in [0.29, 0.717) is 17.2 Å². The molecule has 0 unspecified atom stereocenters. The average Bonchev–Trinajstić information content (AvgIpc) is 3.36. The standard InChI is InChI=1S/C28H38N4O3S2/c1-5-31(6-2)19-20-32(28-29-26-21(3)11-10-14-25(26)36-28)27(33)22-15-17-24(18-16-22)37(34,35)30(4)23-12-8-7-9-13-23/h10-11,14-18,23H,5-9,12-13,19-20H2,1-4H3. The van der Waals surface area contributed by atoms with Crippen molar-refractivity contribution in [3.8, 4) is 0 Å². The normalized spacial score (nSPS) is 15.1. The van der Waals surface area contributed by atoms with Crippen molar-refractivity contribution in [2.45, 2.75) is 63.8 Å². The zero-order valence-corrected chi connectivity index (χ0v) is 23.9. The predicted octanol–water partition coefficient (Wildman–Crippen LogP) is 5.55. The van der Waals surface area contributed by atoms with E-state index in [1.807, 2.05) is 25.1 Å². The molecule has 7 nitrogen and oxygen atoms in total. The van der Waals surface area contributed by atoms with Crippen LogP contribution >= 0.6 is 11.3 Å². The Morgan fingerprint density at radius 1 is 1.00 bits per heavy atom. The highest BCUT2D eigenvalue weighted by molar-refractivity contribution is 7.89. The molecule has 1 aromatic heterocycles. The van der Waals surface area contributed by atoms with Gasteiger partial charge in [0.2, 0.25) is 10.0 Å². The average molecular weight is 543 g/mol. The predicted molar refractivity (Wildman–Crippen MR) is 152 cm³/mol. The first-order valence-electron chi connectivity index (χ1n) is 13.2. The van der Waals surface area contributed by atoms with Gasteiger partial charge in [-0.2, -0.15) is 4.31 Å². The van der Waals surface area contributed by atoms with Crippen LogP contribution in [0.1, 0.15) is 61.9 Å². The highest BCUT2D eigenvalue weighted by Crippen LogP contribution is 2.32. The fraction of sp³-hybridized carbons (Fsp3) is 0.500. The Kier molecular flexibility index (Phi) is 9.00. The van der Waals surface area contributed by atoms with E-state index < -0.39 is 10.0 Å². The van der Waals surface area contributed by atoms with Gasteiger partial charge in [0.25, 0.3) is 5.91 Å². The highest BCUT2D eigenvalue weighted by atomic mass is 32.2. The van der Waals surface area contributed by atoms with Gasteiger partial charge in [0.1, 0.15) is 0 Å². The summed E-state index contributed by atoms with van der Waals surface area (Å²) in [5.74, 6) is -0.173. The summed E-state index contributed by atoms with van der Waals surface area (Å²) in [5.41, 5.74) is 2.44. The first-order chi connectivity index (χ1) is 17.8. The number of likely N-dealkylation sites (N-methyl/N-ethyl adjacent to an activating group) is 1. The number of benzene rings is 2. The number of aromatic nitrogens is 1. The van der Waals surface area contributed by atoms with Crippen LogP contribution < -0.4 is 4.90 Å². The minimum absolute atomic E-state index is 0.0399. The molecule has 2 aromatic carbocycles. The Balaban J connectivity index is 1.60. The number of sulfonamides is 1. The van der Waals surface area contributed by atoms with Crippen molar-refractivity contribution < 1.29 is 13.2 Å². The van der Waals surface area contributed by atoms with Crippen molar-refractivity contribution in [1.82, 2.24) is 14.2 Å². The Bertz CT molecular complexity index is 1310. The van der Waals surface area contributed by atoms with E-state index in [4.69, 9.17) is 4.98 Å². The topological polar surface area (TPSA) is 73.8 Å². The Morgan fingerprint density at radius 3 is 2.30 bits per heavy atom. The van der Waals surface area contributed by atoms with E-state index in [1.165, 1.54) is 22.1 Å². The van der Waals surface area contributed by atoms with Crippen LogP contribution in [0.15, 0.2) is 47.4 Å². The number of amides is 1. The summed E-state index contributed by atoms with van der Waals surface area (Å²) in [6, 6.07) is 12.5. The first-order valence-corrected chi connectivity index (χ1v) is 15.5. The van der Waals surface area contributed by atoms with Crippen LogP contribution in [0.3, 0.4) is 0 Å². The molecule has 1 aliphatic rings. The lowest BCUT2D eigenvalue weighted by Gasteiger charge is -2.30. The monoisotopic (exact) mass is 542 g/mol. The van der Waals surface area contributed by atoms with Crippen LogP contribution in [0, 0.1) is 6.92 Å². The molecule has 0 N–H and O–H groups in total. The molecule has 0 spiro atoms. The Morgan fingerprint density at radius 2 is 1.68 bits per heavy atom. The Hall–Kier alpha value is -2.33. The second kappa shape index (κ2) is 12.0. The molecule has 3 aromatic rings. The number of hydrogen-bond donors (Lipinski definition) is 0. The third kappa shape index (κ3) is 6.06. The summed E-state index contributed by atoms with van der Waals surface area (Å²) in [6.45, 7) is 9.28. The second-order valence-corrected chi connectivity index (χ2v) is 12.7. The summed E-state index contributed by atoms with van der Waals surface area (Å²) < 4.78 is 29.1. The summed E-state index contributed by atoms with van der Waals surface area (Å²) in [5, 5.41) is 0.662. The molecule has 9 heteroatoms. The smallest absolute Gasteiger partial charge is 0.260 e. The van der Waals surface area contributed by atoms with Gasteiger partial charge < -0.3 is 4.90 Å². The number of fused-ring (bicyclic) bond motifs is 1. The molecule has 0 saturated heterocycles. The fourth-order valence-electron chi connectivity index (χ4n) is 4.99. The van der Waals surface area contributed by atoms with Crippen LogP contribution in [0.25, 0.3) is 10.2 Å². The van der Waals surface area contributed by atoms with Crippen LogP contribution in [0.5, 0.6) is 0 Å². The van der Waals surface area contributed by atoms with Crippen molar-refractivity contribution >= 4 is 42.6 Å². The van der Waals surface area contributed by atoms with Crippen LogP contribution in [0.4, 0.5) is 5.13 Å². The molecule has 4 rings (SSSR count). The number of carbonyl (C=O) groups excluding carboxylic acids is 1. The van der Waals surface area contributed by atoms with E-state index >= 15 is 0 Å². The number of para-hydroxylation sites is 1. The molecular formula is C28H38N4O3S2. The van der Waals surface area contributed by atoms with Crippen LogP contribution in [-0.2, 0) is 10.0 Å². The SMILES string of the molecule is CCN(CC)CCN(C(=O)c1ccc(S(=O)(=O)N(C)C2CCCCC2)cc1)c1nc2c(C)cccc2s1. The molecule has 1 saturated carbocycles. The van der Waals surface area contributed by atoms with Gasteiger partial charge in [-0.05, 0) is 68.8 Å². The lowest BCUT2D eigenvalue weighted by atomic mass is 9.96. The van der Waals surface area contributed by atoms with Gasteiger partial charge in [-0.3, -0.25) is 9.69 Å². The third-order valence-electron chi connectivity index (χ3n) is 7.49. The maximum absolute atomic E-state index is 13.8. The van der Waals surface area contributed by atoms with Gasteiger partial charge in [-0.25, -0.2) is 13.4 Å². The zero-order valence-electron chi connectivity index (χ0n) is 22.3. The largest absolute Gasteiger partial charge is 0.302 e. The molecule has 0 atom stereocenters. The molecule has 0 radical (unpaired) electrons. The van der Waals surface area contributed by atoms with E-state index in [9.17, 15) is 13.2 Å². The zero-order chi connectivity index (χ0) is 26.6. The minimum Gasteiger partial charge on any atom is -0.302 e. The van der Waals surface area contributed by atoms with Gasteiger partial charge in [-0.15, -0.1) is 0 Å². The molecule has 1 heterocycles. The number of rotatable bonds is 10. The van der Waals surface area contributed by atoms with Crippen molar-refractivity contribution in [3.63, 3.8) is 0 Å². The van der Waals surface area contributed by atoms with E-state index in [1.54, 1.807) is 36.2 Å². The molecule has 0 bridgehead atoms. The van der Waals surface area contributed by atoms with Crippen molar-refractivity contribution in [3.05, 3.63) is 53.6 Å². The number of hydrogen-bond acceptors (Lipinski definition) is 6. The molecule has 0 aliphatic heterocycles. The summed E-state index contributed by atoms with van der Waals surface area (Å²) in [6.07, 6.45) is 5.09. The lowest BCUT2D eigenvalue weighted by molar-refractivity contribution is 0.0983. The number of nitrogens with zero attached hydrogens (tertiary/aromatic N) is 4. The van der Waals surface area contributed by atoms with Gasteiger partial charge in [0.05, 0.1) is 15.1 Å². The fourth-order valence-corrected chi connectivity index (χ4v) is 7.47. The number of aryl methyl sites for hydroxylation is 1. The van der Waals surface area contributed by atoms with E-state index in [-0.39, 0.29) is 16.8 Å². The molecular weight excluding hydrogens is 504 g/mol. The molecule has 37 heavy (non-hydrogen) atoms. The second-order valence-electron chi connectivity index (χ2n) is 9.74. The summed E-state index contributed by atoms with van der Waals surface area (Å²) >= 11 is 1.51. The van der Waals surface area contributed by atoms with Gasteiger partial charge >= 0.3 is 0 Å². The van der Waals surface area contributed by atoms with Crippen molar-refractivity contribution in [2.24, 2.45) is 0 Å². The number of thiazole rings is 1. The van der Waals surface area contributed by atoms with Crippen LogP contribution in [0.2, 0.25) is 0 Å². The quantitative estimate of drug-likeness (QED) is 0.336. The number of carbonyl (C=O) groups is 1. The Labute approximate surface area is 225 Å². The van der Waals surface area contributed by atoms with E-state index in [2.05, 4.69) is 18.7 Å². The number of anilines is 1. The third-order valence-corrected chi connectivity index (χ3v) is 10.5. The molecule has 1 amide bonds. The summed E-state index contributed by atoms with van der Waals surface area (Å²) in [4.78, 5) is 22.8. The van der Waals surface area contributed by atoms with Gasteiger partial charge in [0, 0.05) is 31.7 Å². The van der Waals surface area contributed by atoms with Crippen molar-refractivity contribution in [2.75, 3.05) is 38.1 Å². The highest BCUT2D eigenvalue weighted by Gasteiger charge is 2.29. The molecule has 1 fully saturated rings. The van der Waals surface area contributed by atoms with Gasteiger partial charge in [0.15, 0.2) is 5.13 Å². The lowest BCUT2D eigenvalue weighted by Crippen LogP contribution is -2.39. The molecule has 1 aliphatic carbocycles. The van der Waals surface area contributed by atoms with Crippen LogP contribution in [-0.4, -0.2) is 67.8 Å². The first kappa shape index (κ1) is 27.7. The molecule has 200 valence electrons.